The first-order valence-electron chi connectivity index (χ1n) is 8.85. The van der Waals surface area contributed by atoms with Crippen molar-refractivity contribution >= 4 is 5.91 Å². The van der Waals surface area contributed by atoms with Gasteiger partial charge in [0.1, 0.15) is 5.72 Å². The predicted octanol–water partition coefficient (Wildman–Crippen LogP) is 2.76. The minimum Gasteiger partial charge on any atom is -0.493 e. The number of nitrogens with zero attached hydrogens (tertiary/aromatic N) is 1. The number of methoxy groups -OCH3 is 2. The molecule has 2 aliphatic heterocycles. The number of amides is 1. The number of hydrogen-bond acceptors (Lipinski definition) is 4. The second-order valence-corrected chi connectivity index (χ2v) is 7.09. The molecule has 24 heavy (non-hydrogen) atoms. The van der Waals surface area contributed by atoms with E-state index >= 15 is 0 Å². The Morgan fingerprint density at radius 1 is 1.25 bits per heavy atom. The quantitative estimate of drug-likeness (QED) is 0.851. The molecule has 1 amide bonds. The fourth-order valence-electron chi connectivity index (χ4n) is 4.86. The van der Waals surface area contributed by atoms with E-state index in [2.05, 4.69) is 4.90 Å². The molecule has 5 heteroatoms. The summed E-state index contributed by atoms with van der Waals surface area (Å²) in [6.45, 7) is 0.636. The Morgan fingerprint density at radius 3 is 2.88 bits per heavy atom. The minimum absolute atomic E-state index is 0.122. The largest absolute Gasteiger partial charge is 0.493 e. The van der Waals surface area contributed by atoms with E-state index < -0.39 is 0 Å². The average molecular weight is 331 g/mol. The molecule has 2 saturated heterocycles. The summed E-state index contributed by atoms with van der Waals surface area (Å²) in [5.74, 6) is 2.24. The number of hydrogen-bond donors (Lipinski definition) is 0. The lowest BCUT2D eigenvalue weighted by atomic mass is 9.87. The molecule has 130 valence electrons. The third kappa shape index (κ3) is 2.29. The van der Waals surface area contributed by atoms with Crippen molar-refractivity contribution in [1.29, 1.82) is 0 Å². The number of carbonyl (C=O) groups excluding carboxylic acids is 1. The normalized spacial score (nSPS) is 31.8. The lowest BCUT2D eigenvalue weighted by Crippen LogP contribution is -2.57. The van der Waals surface area contributed by atoms with Crippen molar-refractivity contribution in [1.82, 2.24) is 4.90 Å². The van der Waals surface area contributed by atoms with Crippen LogP contribution in [0.25, 0.3) is 0 Å². The molecule has 5 nitrogen and oxygen atoms in total. The van der Waals surface area contributed by atoms with E-state index in [1.807, 2.05) is 18.2 Å². The van der Waals surface area contributed by atoms with Crippen molar-refractivity contribution in [2.24, 2.45) is 5.92 Å². The zero-order chi connectivity index (χ0) is 16.7. The van der Waals surface area contributed by atoms with Crippen LogP contribution in [0.4, 0.5) is 0 Å². The summed E-state index contributed by atoms with van der Waals surface area (Å²) in [6, 6.07) is 6.10. The first kappa shape index (κ1) is 15.8. The first-order valence-corrected chi connectivity index (χ1v) is 8.85. The fourth-order valence-corrected chi connectivity index (χ4v) is 4.86. The summed E-state index contributed by atoms with van der Waals surface area (Å²) < 4.78 is 17.0. The first-order chi connectivity index (χ1) is 11.7. The van der Waals surface area contributed by atoms with E-state index in [9.17, 15) is 4.79 Å². The van der Waals surface area contributed by atoms with E-state index in [-0.39, 0.29) is 17.7 Å². The number of benzene rings is 1. The lowest BCUT2D eigenvalue weighted by Gasteiger charge is -2.44. The van der Waals surface area contributed by atoms with Gasteiger partial charge in [-0.15, -0.1) is 0 Å². The van der Waals surface area contributed by atoms with Gasteiger partial charge in [0.15, 0.2) is 11.5 Å². The van der Waals surface area contributed by atoms with E-state index in [0.717, 1.165) is 42.7 Å². The molecule has 4 rings (SSSR count). The standard InChI is InChI=1S/C19H25NO4/c1-22-16-7-5-13(11-17(16)23-2)10-15-12-24-19-9-3-4-14(19)6-8-18(21)20(15)19/h5,7,11,14-15H,3-4,6,8-10,12H2,1-2H3/t14-,15-,19+/m1/s1. The highest BCUT2D eigenvalue weighted by atomic mass is 16.5. The zero-order valence-electron chi connectivity index (χ0n) is 14.4. The Balaban J connectivity index is 1.58. The van der Waals surface area contributed by atoms with Crippen LogP contribution >= 0.6 is 0 Å². The van der Waals surface area contributed by atoms with Gasteiger partial charge in [-0.25, -0.2) is 0 Å². The van der Waals surface area contributed by atoms with Gasteiger partial charge in [0, 0.05) is 12.3 Å². The number of carbonyl (C=O) groups is 1. The molecule has 3 aliphatic rings. The van der Waals surface area contributed by atoms with Crippen LogP contribution in [0.2, 0.25) is 0 Å². The molecule has 0 unspecified atom stereocenters. The van der Waals surface area contributed by atoms with Crippen molar-refractivity contribution in [3.8, 4) is 11.5 Å². The Hall–Kier alpha value is -1.75. The molecular formula is C19H25NO4. The summed E-state index contributed by atoms with van der Waals surface area (Å²) in [7, 11) is 3.28. The summed E-state index contributed by atoms with van der Waals surface area (Å²) in [6.07, 6.45) is 5.79. The molecule has 1 aliphatic carbocycles. The monoisotopic (exact) mass is 331 g/mol. The Bertz CT molecular complexity index is 646. The molecule has 0 aromatic heterocycles. The molecule has 2 heterocycles. The van der Waals surface area contributed by atoms with Crippen LogP contribution in [0.5, 0.6) is 11.5 Å². The number of rotatable bonds is 4. The van der Waals surface area contributed by atoms with Gasteiger partial charge in [-0.3, -0.25) is 4.79 Å². The van der Waals surface area contributed by atoms with Crippen LogP contribution in [-0.2, 0) is 16.0 Å². The van der Waals surface area contributed by atoms with Crippen LogP contribution < -0.4 is 9.47 Å². The lowest BCUT2D eigenvalue weighted by molar-refractivity contribution is -0.169. The number of ether oxygens (including phenoxy) is 3. The maximum atomic E-state index is 12.6. The molecule has 0 radical (unpaired) electrons. The van der Waals surface area contributed by atoms with E-state index in [0.29, 0.717) is 18.9 Å². The Morgan fingerprint density at radius 2 is 2.08 bits per heavy atom. The molecule has 3 fully saturated rings. The van der Waals surface area contributed by atoms with E-state index in [4.69, 9.17) is 14.2 Å². The highest BCUT2D eigenvalue weighted by Gasteiger charge is 2.58. The summed E-state index contributed by atoms with van der Waals surface area (Å²) >= 11 is 0. The third-order valence-electron chi connectivity index (χ3n) is 5.92. The Kier molecular flexibility index (Phi) is 3.91. The highest BCUT2D eigenvalue weighted by Crippen LogP contribution is 2.51. The van der Waals surface area contributed by atoms with Crippen LogP contribution in [0.15, 0.2) is 18.2 Å². The molecular weight excluding hydrogens is 306 g/mol. The summed E-state index contributed by atoms with van der Waals surface area (Å²) in [5.41, 5.74) is 0.836. The fraction of sp³-hybridized carbons (Fsp3) is 0.632. The van der Waals surface area contributed by atoms with Gasteiger partial charge in [0.2, 0.25) is 5.91 Å². The van der Waals surface area contributed by atoms with Crippen molar-refractivity contribution in [3.63, 3.8) is 0 Å². The van der Waals surface area contributed by atoms with Gasteiger partial charge in [-0.05, 0) is 49.8 Å². The van der Waals surface area contributed by atoms with Gasteiger partial charge in [0.05, 0.1) is 26.9 Å². The summed E-state index contributed by atoms with van der Waals surface area (Å²) in [5, 5.41) is 0. The molecule has 1 spiro atoms. The zero-order valence-corrected chi connectivity index (χ0v) is 14.4. The van der Waals surface area contributed by atoms with Crippen molar-refractivity contribution < 1.29 is 19.0 Å². The maximum absolute atomic E-state index is 12.6. The highest BCUT2D eigenvalue weighted by molar-refractivity contribution is 5.78. The van der Waals surface area contributed by atoms with Crippen LogP contribution in [-0.4, -0.2) is 43.4 Å². The average Bonchev–Trinajstić information content (AvgIpc) is 3.18. The van der Waals surface area contributed by atoms with E-state index in [1.54, 1.807) is 14.2 Å². The van der Waals surface area contributed by atoms with Crippen LogP contribution in [0.3, 0.4) is 0 Å². The topological polar surface area (TPSA) is 48.0 Å². The van der Waals surface area contributed by atoms with Gasteiger partial charge in [-0.2, -0.15) is 0 Å². The van der Waals surface area contributed by atoms with Gasteiger partial charge < -0.3 is 19.1 Å². The smallest absolute Gasteiger partial charge is 0.225 e. The molecule has 1 aromatic rings. The second kappa shape index (κ2) is 5.96. The third-order valence-corrected chi connectivity index (χ3v) is 5.92. The van der Waals surface area contributed by atoms with Gasteiger partial charge in [-0.1, -0.05) is 6.07 Å². The van der Waals surface area contributed by atoms with Crippen LogP contribution in [0, 0.1) is 5.92 Å². The SMILES string of the molecule is COc1ccc(C[C@@H]2CO[C@@]34CCC[C@@H]3CCC(=O)N24)cc1OC. The summed E-state index contributed by atoms with van der Waals surface area (Å²) in [4.78, 5) is 14.7. The van der Waals surface area contributed by atoms with Crippen molar-refractivity contribution in [2.75, 3.05) is 20.8 Å². The van der Waals surface area contributed by atoms with Gasteiger partial charge >= 0.3 is 0 Å². The molecule has 0 N–H and O–H groups in total. The predicted molar refractivity (Wildman–Crippen MR) is 89.1 cm³/mol. The minimum atomic E-state index is -0.309. The molecule has 1 aromatic carbocycles. The van der Waals surface area contributed by atoms with E-state index in [1.165, 1.54) is 6.42 Å². The molecule has 1 saturated carbocycles. The van der Waals surface area contributed by atoms with Gasteiger partial charge in [0.25, 0.3) is 0 Å². The van der Waals surface area contributed by atoms with Crippen molar-refractivity contribution in [3.05, 3.63) is 23.8 Å². The number of piperidine rings is 1. The maximum Gasteiger partial charge on any atom is 0.225 e. The molecule has 3 atom stereocenters. The second-order valence-electron chi connectivity index (χ2n) is 7.09. The van der Waals surface area contributed by atoms with Crippen molar-refractivity contribution in [2.45, 2.75) is 50.3 Å². The van der Waals surface area contributed by atoms with Crippen LogP contribution in [0.1, 0.15) is 37.7 Å². The Labute approximate surface area is 142 Å². The molecule has 0 bridgehead atoms.